The number of halogens is 1. The van der Waals surface area contributed by atoms with E-state index in [1.807, 2.05) is 61.5 Å². The van der Waals surface area contributed by atoms with Gasteiger partial charge in [0, 0.05) is 11.6 Å². The maximum atomic E-state index is 13.2. The van der Waals surface area contributed by atoms with Crippen molar-refractivity contribution in [2.75, 3.05) is 0 Å². The van der Waals surface area contributed by atoms with Crippen LogP contribution < -0.4 is 10.9 Å². The summed E-state index contributed by atoms with van der Waals surface area (Å²) in [7, 11) is 0. The third kappa shape index (κ3) is 4.75. The van der Waals surface area contributed by atoms with Crippen LogP contribution in [0.3, 0.4) is 0 Å². The standard InChI is InChI=1S/C25H20FN3O2/c1-16(19-8-5-9-20(14-19)17-10-12-21(26)13-11-17)27-25(31)22-15-23(30)29-24(28-22)18-6-3-2-4-7-18/h2-16H,1H3,(H,27,31)(H,28,29,30). The van der Waals surface area contributed by atoms with Crippen LogP contribution in [0.5, 0.6) is 0 Å². The molecule has 1 unspecified atom stereocenters. The van der Waals surface area contributed by atoms with Gasteiger partial charge in [-0.3, -0.25) is 9.59 Å². The van der Waals surface area contributed by atoms with Crippen LogP contribution in [0.15, 0.2) is 89.7 Å². The Morgan fingerprint density at radius 1 is 0.903 bits per heavy atom. The Bertz CT molecular complexity index is 1270. The predicted molar refractivity (Wildman–Crippen MR) is 118 cm³/mol. The number of hydrogen-bond donors (Lipinski definition) is 2. The summed E-state index contributed by atoms with van der Waals surface area (Å²) >= 11 is 0. The molecule has 3 aromatic carbocycles. The van der Waals surface area contributed by atoms with Crippen molar-refractivity contribution in [3.8, 4) is 22.5 Å². The Morgan fingerprint density at radius 2 is 1.61 bits per heavy atom. The SMILES string of the molecule is CC(NC(=O)c1cc(=O)[nH]c(-c2ccccc2)n1)c1cccc(-c2ccc(F)cc2)c1. The molecule has 0 aliphatic rings. The molecule has 1 atom stereocenters. The van der Waals surface area contributed by atoms with Crippen molar-refractivity contribution in [1.82, 2.24) is 15.3 Å². The number of hydrogen-bond acceptors (Lipinski definition) is 3. The molecule has 154 valence electrons. The highest BCUT2D eigenvalue weighted by Crippen LogP contribution is 2.24. The zero-order chi connectivity index (χ0) is 21.8. The molecule has 0 fully saturated rings. The van der Waals surface area contributed by atoms with Gasteiger partial charge in [-0.15, -0.1) is 0 Å². The van der Waals surface area contributed by atoms with E-state index < -0.39 is 11.5 Å². The van der Waals surface area contributed by atoms with Crippen LogP contribution in [0.1, 0.15) is 29.0 Å². The molecule has 4 rings (SSSR count). The fourth-order valence-electron chi connectivity index (χ4n) is 3.29. The maximum Gasteiger partial charge on any atom is 0.270 e. The molecule has 1 aromatic heterocycles. The number of carbonyl (C=O) groups excluding carboxylic acids is 1. The number of H-pyrrole nitrogens is 1. The van der Waals surface area contributed by atoms with Crippen molar-refractivity contribution in [3.05, 3.63) is 112 Å². The van der Waals surface area contributed by atoms with Crippen molar-refractivity contribution in [1.29, 1.82) is 0 Å². The minimum absolute atomic E-state index is 0.0455. The van der Waals surface area contributed by atoms with E-state index >= 15 is 0 Å². The number of aromatic nitrogens is 2. The van der Waals surface area contributed by atoms with Gasteiger partial charge in [-0.1, -0.05) is 60.7 Å². The van der Waals surface area contributed by atoms with E-state index in [0.717, 1.165) is 16.7 Å². The Morgan fingerprint density at radius 3 is 2.35 bits per heavy atom. The Labute approximate surface area is 178 Å². The van der Waals surface area contributed by atoms with Crippen molar-refractivity contribution in [3.63, 3.8) is 0 Å². The van der Waals surface area contributed by atoms with E-state index in [2.05, 4.69) is 15.3 Å². The molecule has 0 bridgehead atoms. The molecule has 31 heavy (non-hydrogen) atoms. The molecule has 0 aliphatic heterocycles. The molecular formula is C25H20FN3O2. The summed E-state index contributed by atoms with van der Waals surface area (Å²) in [6.45, 7) is 1.85. The lowest BCUT2D eigenvalue weighted by atomic mass is 10.00. The highest BCUT2D eigenvalue weighted by atomic mass is 19.1. The second-order valence-electron chi connectivity index (χ2n) is 7.17. The highest BCUT2D eigenvalue weighted by Gasteiger charge is 2.15. The quantitative estimate of drug-likeness (QED) is 0.497. The van der Waals surface area contributed by atoms with Gasteiger partial charge in [0.1, 0.15) is 17.3 Å². The molecule has 0 radical (unpaired) electrons. The molecule has 5 nitrogen and oxygen atoms in total. The van der Waals surface area contributed by atoms with Crippen molar-refractivity contribution >= 4 is 5.91 Å². The lowest BCUT2D eigenvalue weighted by Crippen LogP contribution is -2.29. The van der Waals surface area contributed by atoms with Gasteiger partial charge in [-0.05, 0) is 41.8 Å². The summed E-state index contributed by atoms with van der Waals surface area (Å²) in [6, 6.07) is 23.9. The topological polar surface area (TPSA) is 74.8 Å². The second kappa shape index (κ2) is 8.75. The zero-order valence-electron chi connectivity index (χ0n) is 16.8. The van der Waals surface area contributed by atoms with Crippen molar-refractivity contribution in [2.24, 2.45) is 0 Å². The minimum Gasteiger partial charge on any atom is -0.344 e. The number of rotatable bonds is 5. The number of nitrogens with one attached hydrogen (secondary N) is 2. The van der Waals surface area contributed by atoms with Crippen molar-refractivity contribution < 1.29 is 9.18 Å². The first-order chi connectivity index (χ1) is 15.0. The first-order valence-electron chi connectivity index (χ1n) is 9.83. The minimum atomic E-state index is -0.442. The van der Waals surface area contributed by atoms with Crippen LogP contribution in [0.2, 0.25) is 0 Å². The van der Waals surface area contributed by atoms with E-state index in [9.17, 15) is 14.0 Å². The normalized spacial score (nSPS) is 11.7. The first-order valence-corrected chi connectivity index (χ1v) is 9.83. The molecule has 1 amide bonds. The molecule has 1 heterocycles. The van der Waals surface area contributed by atoms with Gasteiger partial charge in [-0.2, -0.15) is 0 Å². The Balaban J connectivity index is 1.55. The van der Waals surface area contributed by atoms with Gasteiger partial charge in [0.15, 0.2) is 0 Å². The van der Waals surface area contributed by atoms with Gasteiger partial charge >= 0.3 is 0 Å². The molecule has 0 spiro atoms. The van der Waals surface area contributed by atoms with Gasteiger partial charge in [-0.25, -0.2) is 9.37 Å². The molecule has 6 heteroatoms. The molecule has 0 saturated carbocycles. The molecule has 0 aliphatic carbocycles. The van der Waals surface area contributed by atoms with E-state index in [1.165, 1.54) is 18.2 Å². The van der Waals surface area contributed by atoms with Gasteiger partial charge < -0.3 is 10.3 Å². The third-order valence-electron chi connectivity index (χ3n) is 4.93. The van der Waals surface area contributed by atoms with E-state index in [1.54, 1.807) is 12.1 Å². The Hall–Kier alpha value is -4.06. The monoisotopic (exact) mass is 413 g/mol. The number of carbonyl (C=O) groups is 1. The third-order valence-corrected chi connectivity index (χ3v) is 4.93. The molecular weight excluding hydrogens is 393 g/mol. The van der Waals surface area contributed by atoms with Gasteiger partial charge in [0.2, 0.25) is 0 Å². The molecule has 2 N–H and O–H groups in total. The summed E-state index contributed by atoms with van der Waals surface area (Å²) in [6.07, 6.45) is 0. The summed E-state index contributed by atoms with van der Waals surface area (Å²) in [5.41, 5.74) is 3.04. The van der Waals surface area contributed by atoms with Gasteiger partial charge in [0.05, 0.1) is 6.04 Å². The summed E-state index contributed by atoms with van der Waals surface area (Å²) in [5, 5.41) is 2.89. The number of benzene rings is 3. The average Bonchev–Trinajstić information content (AvgIpc) is 2.80. The Kier molecular flexibility index (Phi) is 5.71. The number of nitrogens with zero attached hydrogens (tertiary/aromatic N) is 1. The number of amides is 1. The lowest BCUT2D eigenvalue weighted by molar-refractivity contribution is 0.0934. The summed E-state index contributed by atoms with van der Waals surface area (Å²) in [4.78, 5) is 31.8. The second-order valence-corrected chi connectivity index (χ2v) is 7.17. The predicted octanol–water partition coefficient (Wildman–Crippen LogP) is 4.73. The zero-order valence-corrected chi connectivity index (χ0v) is 16.8. The van der Waals surface area contributed by atoms with Crippen LogP contribution in [-0.4, -0.2) is 15.9 Å². The largest absolute Gasteiger partial charge is 0.344 e. The first kappa shape index (κ1) is 20.2. The lowest BCUT2D eigenvalue weighted by Gasteiger charge is -2.15. The maximum absolute atomic E-state index is 13.2. The molecule has 4 aromatic rings. The summed E-state index contributed by atoms with van der Waals surface area (Å²) in [5.74, 6) is -0.395. The van der Waals surface area contributed by atoms with Crippen LogP contribution in [0.25, 0.3) is 22.5 Å². The van der Waals surface area contributed by atoms with Gasteiger partial charge in [0.25, 0.3) is 11.5 Å². The fourth-order valence-corrected chi connectivity index (χ4v) is 3.29. The number of aromatic amines is 1. The van der Waals surface area contributed by atoms with Crippen LogP contribution in [0, 0.1) is 5.82 Å². The van der Waals surface area contributed by atoms with E-state index in [0.29, 0.717) is 11.4 Å². The highest BCUT2D eigenvalue weighted by molar-refractivity contribution is 5.92. The van der Waals surface area contributed by atoms with E-state index in [4.69, 9.17) is 0 Å². The fraction of sp³-hybridized carbons (Fsp3) is 0.0800. The van der Waals surface area contributed by atoms with Crippen LogP contribution in [0.4, 0.5) is 4.39 Å². The van der Waals surface area contributed by atoms with E-state index in [-0.39, 0.29) is 17.6 Å². The van der Waals surface area contributed by atoms with Crippen molar-refractivity contribution in [2.45, 2.75) is 13.0 Å². The molecule has 0 saturated heterocycles. The summed E-state index contributed by atoms with van der Waals surface area (Å²) < 4.78 is 13.2. The average molecular weight is 413 g/mol. The van der Waals surface area contributed by atoms with Crippen LogP contribution >= 0.6 is 0 Å². The van der Waals surface area contributed by atoms with Crippen LogP contribution in [-0.2, 0) is 0 Å². The smallest absolute Gasteiger partial charge is 0.270 e.